The molecular formula is C16H22N6O2S. The first-order valence-electron chi connectivity index (χ1n) is 7.94. The van der Waals surface area contributed by atoms with Crippen molar-refractivity contribution in [2.45, 2.75) is 30.7 Å². The lowest BCUT2D eigenvalue weighted by atomic mass is 10.1. The summed E-state index contributed by atoms with van der Waals surface area (Å²) in [6.07, 6.45) is 0.824. The Kier molecular flexibility index (Phi) is 6.51. The first-order chi connectivity index (χ1) is 11.9. The van der Waals surface area contributed by atoms with E-state index < -0.39 is 5.25 Å². The van der Waals surface area contributed by atoms with Crippen molar-refractivity contribution in [2.75, 3.05) is 18.9 Å². The van der Waals surface area contributed by atoms with Gasteiger partial charge in [-0.3, -0.25) is 9.59 Å². The molecule has 0 radical (unpaired) electrons. The molecule has 8 nitrogen and oxygen atoms in total. The Labute approximate surface area is 151 Å². The summed E-state index contributed by atoms with van der Waals surface area (Å²) in [5.41, 5.74) is 1.84. The fourth-order valence-electron chi connectivity index (χ4n) is 2.27. The second kappa shape index (κ2) is 8.61. The van der Waals surface area contributed by atoms with Gasteiger partial charge in [-0.2, -0.15) is 0 Å². The lowest BCUT2D eigenvalue weighted by Gasteiger charge is -2.20. The summed E-state index contributed by atoms with van der Waals surface area (Å²) in [6.45, 7) is 3.78. The molecule has 0 bridgehead atoms. The highest BCUT2D eigenvalue weighted by Gasteiger charge is 2.22. The molecule has 1 atom stereocenters. The number of anilines is 1. The number of rotatable bonds is 7. The van der Waals surface area contributed by atoms with E-state index in [2.05, 4.69) is 20.8 Å². The summed E-state index contributed by atoms with van der Waals surface area (Å²) in [7, 11) is 3.32. The van der Waals surface area contributed by atoms with Crippen LogP contribution < -0.4 is 5.32 Å². The lowest BCUT2D eigenvalue weighted by molar-refractivity contribution is -0.132. The number of nitrogens with zero attached hydrogens (tertiary/aromatic N) is 5. The molecule has 1 N–H and O–H groups in total. The number of carbonyl (C=O) groups is 2. The van der Waals surface area contributed by atoms with Gasteiger partial charge >= 0.3 is 0 Å². The van der Waals surface area contributed by atoms with Gasteiger partial charge in [0, 0.05) is 19.8 Å². The monoisotopic (exact) mass is 362 g/mol. The first-order valence-corrected chi connectivity index (χ1v) is 8.82. The van der Waals surface area contributed by atoms with Crippen LogP contribution in [0, 0.1) is 0 Å². The van der Waals surface area contributed by atoms with Gasteiger partial charge in [0.25, 0.3) is 0 Å². The van der Waals surface area contributed by atoms with Crippen LogP contribution in [0.5, 0.6) is 0 Å². The Morgan fingerprint density at radius 1 is 1.36 bits per heavy atom. The second-order valence-corrected chi connectivity index (χ2v) is 6.91. The van der Waals surface area contributed by atoms with E-state index in [1.165, 1.54) is 21.3 Å². The molecule has 25 heavy (non-hydrogen) atoms. The number of hydrogen-bond donors (Lipinski definition) is 1. The van der Waals surface area contributed by atoms with Crippen LogP contribution in [0.15, 0.2) is 29.4 Å². The zero-order valence-electron chi connectivity index (χ0n) is 14.8. The van der Waals surface area contributed by atoms with E-state index in [4.69, 9.17) is 0 Å². The fourth-order valence-corrected chi connectivity index (χ4v) is 3.14. The summed E-state index contributed by atoms with van der Waals surface area (Å²) >= 11 is 1.25. The number of aromatic nitrogens is 4. The van der Waals surface area contributed by atoms with Gasteiger partial charge in [0.1, 0.15) is 0 Å². The fraction of sp³-hybridized carbons (Fsp3) is 0.438. The zero-order chi connectivity index (χ0) is 18.4. The number of carbonyl (C=O) groups excluding carboxylic acids is 2. The van der Waals surface area contributed by atoms with E-state index in [9.17, 15) is 9.59 Å². The molecule has 1 heterocycles. The van der Waals surface area contributed by atoms with Crippen molar-refractivity contribution >= 4 is 29.3 Å². The van der Waals surface area contributed by atoms with Gasteiger partial charge in [-0.25, -0.2) is 4.68 Å². The quantitative estimate of drug-likeness (QED) is 0.748. The van der Waals surface area contributed by atoms with E-state index in [1.54, 1.807) is 21.0 Å². The van der Waals surface area contributed by atoms with Gasteiger partial charge in [0.05, 0.1) is 11.8 Å². The summed E-state index contributed by atoms with van der Waals surface area (Å²) in [5, 5.41) is 14.1. The predicted octanol–water partition coefficient (Wildman–Crippen LogP) is 1.35. The molecule has 0 saturated carbocycles. The number of tetrazole rings is 1. The number of benzene rings is 1. The van der Waals surface area contributed by atoms with Gasteiger partial charge in [0.2, 0.25) is 17.0 Å². The Morgan fingerprint density at radius 2 is 2.08 bits per heavy atom. The number of aryl methyl sites for hydroxylation is 2. The highest BCUT2D eigenvalue weighted by molar-refractivity contribution is 8.00. The molecule has 0 aliphatic carbocycles. The van der Waals surface area contributed by atoms with Crippen LogP contribution in [-0.4, -0.2) is 55.8 Å². The molecule has 0 fully saturated rings. The number of thioether (sulfide) groups is 1. The smallest absolute Gasteiger partial charge is 0.243 e. The molecule has 0 aliphatic heterocycles. The van der Waals surface area contributed by atoms with Gasteiger partial charge in [-0.05, 0) is 35.4 Å². The highest BCUT2D eigenvalue weighted by Crippen LogP contribution is 2.21. The summed E-state index contributed by atoms with van der Waals surface area (Å²) in [5.74, 6) is -0.388. The number of hydrogen-bond acceptors (Lipinski definition) is 6. The average molecular weight is 362 g/mol. The Bertz CT molecular complexity index is 748. The molecule has 0 saturated heterocycles. The van der Waals surface area contributed by atoms with E-state index in [-0.39, 0.29) is 18.4 Å². The minimum atomic E-state index is -0.398. The van der Waals surface area contributed by atoms with Crippen molar-refractivity contribution in [3.8, 4) is 0 Å². The van der Waals surface area contributed by atoms with Gasteiger partial charge < -0.3 is 10.2 Å². The molecule has 2 amide bonds. The van der Waals surface area contributed by atoms with Gasteiger partial charge in [-0.1, -0.05) is 36.9 Å². The van der Waals surface area contributed by atoms with Crippen molar-refractivity contribution in [2.24, 2.45) is 7.05 Å². The Hall–Kier alpha value is -2.42. The van der Waals surface area contributed by atoms with E-state index in [0.29, 0.717) is 5.16 Å². The third kappa shape index (κ3) is 5.02. The molecule has 134 valence electrons. The second-order valence-electron chi connectivity index (χ2n) is 5.60. The maximum atomic E-state index is 12.4. The number of nitrogens with one attached hydrogen (secondary N) is 1. The summed E-state index contributed by atoms with van der Waals surface area (Å²) in [6, 6.07) is 7.64. The average Bonchev–Trinajstić information content (AvgIpc) is 2.99. The summed E-state index contributed by atoms with van der Waals surface area (Å²) < 4.78 is 1.50. The van der Waals surface area contributed by atoms with Crippen molar-refractivity contribution in [1.82, 2.24) is 25.1 Å². The molecule has 1 unspecified atom stereocenters. The minimum absolute atomic E-state index is 0.0150. The zero-order valence-corrected chi connectivity index (χ0v) is 15.6. The topological polar surface area (TPSA) is 93.0 Å². The van der Waals surface area contributed by atoms with Gasteiger partial charge in [0.15, 0.2) is 0 Å². The maximum absolute atomic E-state index is 12.4. The molecule has 9 heteroatoms. The molecule has 1 aromatic carbocycles. The number of amides is 2. The number of para-hydroxylation sites is 1. The third-order valence-corrected chi connectivity index (χ3v) is 4.75. The summed E-state index contributed by atoms with van der Waals surface area (Å²) in [4.78, 5) is 26.1. The number of likely N-dealkylation sites (N-methyl/N-ethyl adjacent to an activating group) is 1. The van der Waals surface area contributed by atoms with Gasteiger partial charge in [-0.15, -0.1) is 5.10 Å². The van der Waals surface area contributed by atoms with Crippen LogP contribution in [0.3, 0.4) is 0 Å². The SMILES string of the molecule is CCc1ccccc1NC(=O)CN(C)C(=O)C(C)Sc1nnnn1C. The van der Waals surface area contributed by atoms with Crippen LogP contribution in [0.25, 0.3) is 0 Å². The Morgan fingerprint density at radius 3 is 2.72 bits per heavy atom. The molecule has 2 aromatic rings. The van der Waals surface area contributed by atoms with Crippen molar-refractivity contribution in [3.63, 3.8) is 0 Å². The molecule has 2 rings (SSSR count). The molecule has 0 spiro atoms. The van der Waals surface area contributed by atoms with Crippen molar-refractivity contribution in [3.05, 3.63) is 29.8 Å². The normalized spacial score (nSPS) is 11.8. The van der Waals surface area contributed by atoms with E-state index in [1.807, 2.05) is 31.2 Å². The van der Waals surface area contributed by atoms with Crippen LogP contribution in [0.4, 0.5) is 5.69 Å². The largest absolute Gasteiger partial charge is 0.335 e. The van der Waals surface area contributed by atoms with Crippen LogP contribution in [0.1, 0.15) is 19.4 Å². The third-order valence-electron chi connectivity index (χ3n) is 3.64. The molecule has 0 aliphatic rings. The lowest BCUT2D eigenvalue weighted by Crippen LogP contribution is -2.39. The highest BCUT2D eigenvalue weighted by atomic mass is 32.2. The minimum Gasteiger partial charge on any atom is -0.335 e. The molecular weight excluding hydrogens is 340 g/mol. The van der Waals surface area contributed by atoms with Crippen LogP contribution in [-0.2, 0) is 23.1 Å². The van der Waals surface area contributed by atoms with E-state index in [0.717, 1.165) is 17.7 Å². The first kappa shape index (κ1) is 18.9. The standard InChI is InChI=1S/C16H22N6O2S/c1-5-12-8-6-7-9-13(12)17-14(23)10-21(3)15(24)11(2)25-16-18-19-20-22(16)4/h6-9,11H,5,10H2,1-4H3,(H,17,23). The maximum Gasteiger partial charge on any atom is 0.243 e. The predicted molar refractivity (Wildman–Crippen MR) is 96.2 cm³/mol. The van der Waals surface area contributed by atoms with Crippen LogP contribution in [0.2, 0.25) is 0 Å². The van der Waals surface area contributed by atoms with Crippen molar-refractivity contribution < 1.29 is 9.59 Å². The van der Waals surface area contributed by atoms with E-state index >= 15 is 0 Å². The van der Waals surface area contributed by atoms with Crippen LogP contribution >= 0.6 is 11.8 Å². The Balaban J connectivity index is 1.91. The molecule has 1 aromatic heterocycles. The van der Waals surface area contributed by atoms with Crippen molar-refractivity contribution in [1.29, 1.82) is 0 Å².